The lowest BCUT2D eigenvalue weighted by atomic mass is 10.0. The van der Waals surface area contributed by atoms with Gasteiger partial charge in [-0.15, -0.1) is 0 Å². The predicted octanol–water partition coefficient (Wildman–Crippen LogP) is 2.96. The van der Waals surface area contributed by atoms with Gasteiger partial charge in [0.1, 0.15) is 5.69 Å². The molecule has 0 amide bonds. The molecule has 2 nitrogen and oxygen atoms in total. The number of halogens is 2. The number of carbonyl (C=O) groups is 1. The molecule has 0 aromatic carbocycles. The normalized spacial score (nSPS) is 11.5. The standard InChI is InChI=1S/C11H13F2NO/c1-3-4-8-5-9(11(2,12)13)10(7-15)14-6-8/h5-7H,3-4H2,1-2H3. The molecule has 4 heteroatoms. The minimum atomic E-state index is -3.02. The maximum absolute atomic E-state index is 13.1. The molecule has 15 heavy (non-hydrogen) atoms. The Morgan fingerprint density at radius 3 is 2.67 bits per heavy atom. The van der Waals surface area contributed by atoms with Gasteiger partial charge in [0.25, 0.3) is 5.92 Å². The SMILES string of the molecule is CCCc1cnc(C=O)c(C(C)(F)F)c1. The molecule has 0 atom stereocenters. The molecule has 0 saturated carbocycles. The summed E-state index contributed by atoms with van der Waals surface area (Å²) in [4.78, 5) is 14.3. The van der Waals surface area contributed by atoms with Gasteiger partial charge >= 0.3 is 0 Å². The molecule has 1 aromatic heterocycles. The van der Waals surface area contributed by atoms with E-state index in [0.29, 0.717) is 12.7 Å². The van der Waals surface area contributed by atoms with Gasteiger partial charge in [0.05, 0.1) is 0 Å². The summed E-state index contributed by atoms with van der Waals surface area (Å²) in [5, 5.41) is 0. The van der Waals surface area contributed by atoms with Gasteiger partial charge in [-0.1, -0.05) is 13.3 Å². The Morgan fingerprint density at radius 2 is 2.20 bits per heavy atom. The highest BCUT2D eigenvalue weighted by Crippen LogP contribution is 2.29. The van der Waals surface area contributed by atoms with E-state index in [1.165, 1.54) is 12.3 Å². The van der Waals surface area contributed by atoms with E-state index in [-0.39, 0.29) is 11.3 Å². The average molecular weight is 213 g/mol. The number of nitrogens with zero attached hydrogens (tertiary/aromatic N) is 1. The van der Waals surface area contributed by atoms with Crippen LogP contribution in [0.4, 0.5) is 8.78 Å². The fourth-order valence-corrected chi connectivity index (χ4v) is 1.39. The van der Waals surface area contributed by atoms with Crippen molar-refractivity contribution >= 4 is 6.29 Å². The van der Waals surface area contributed by atoms with Crippen molar-refractivity contribution in [3.63, 3.8) is 0 Å². The second-order valence-electron chi connectivity index (χ2n) is 3.53. The van der Waals surface area contributed by atoms with Crippen LogP contribution in [-0.4, -0.2) is 11.3 Å². The molecule has 1 aromatic rings. The summed E-state index contributed by atoms with van der Waals surface area (Å²) in [6.07, 6.45) is 3.39. The molecule has 0 radical (unpaired) electrons. The van der Waals surface area contributed by atoms with E-state index in [0.717, 1.165) is 18.9 Å². The number of carbonyl (C=O) groups excluding carboxylic acids is 1. The van der Waals surface area contributed by atoms with Crippen LogP contribution < -0.4 is 0 Å². The number of hydrogen-bond acceptors (Lipinski definition) is 2. The first-order valence-corrected chi connectivity index (χ1v) is 4.81. The van der Waals surface area contributed by atoms with Crippen molar-refractivity contribution in [2.24, 2.45) is 0 Å². The van der Waals surface area contributed by atoms with Crippen molar-refractivity contribution < 1.29 is 13.6 Å². The predicted molar refractivity (Wildman–Crippen MR) is 53.2 cm³/mol. The van der Waals surface area contributed by atoms with Crippen LogP contribution in [-0.2, 0) is 12.3 Å². The van der Waals surface area contributed by atoms with Crippen LogP contribution in [0.3, 0.4) is 0 Å². The zero-order chi connectivity index (χ0) is 11.5. The first-order chi connectivity index (χ1) is 6.99. The van der Waals surface area contributed by atoms with Crippen molar-refractivity contribution in [1.82, 2.24) is 4.98 Å². The number of aldehydes is 1. The molecule has 0 spiro atoms. The Labute approximate surface area is 87.3 Å². The summed E-state index contributed by atoms with van der Waals surface area (Å²) in [5.74, 6) is -3.02. The fraction of sp³-hybridized carbons (Fsp3) is 0.455. The van der Waals surface area contributed by atoms with Crippen molar-refractivity contribution in [2.45, 2.75) is 32.6 Å². The Morgan fingerprint density at radius 1 is 1.53 bits per heavy atom. The molecule has 0 aliphatic rings. The van der Waals surface area contributed by atoms with Gasteiger partial charge in [-0.2, -0.15) is 0 Å². The van der Waals surface area contributed by atoms with Crippen molar-refractivity contribution in [3.8, 4) is 0 Å². The highest BCUT2D eigenvalue weighted by atomic mass is 19.3. The molecule has 1 heterocycles. The summed E-state index contributed by atoms with van der Waals surface area (Å²) in [6, 6.07) is 1.36. The smallest absolute Gasteiger partial charge is 0.272 e. The second kappa shape index (κ2) is 4.47. The molecule has 82 valence electrons. The third kappa shape index (κ3) is 2.81. The molecular weight excluding hydrogens is 200 g/mol. The maximum Gasteiger partial charge on any atom is 0.272 e. The quantitative estimate of drug-likeness (QED) is 0.720. The van der Waals surface area contributed by atoms with Crippen LogP contribution in [0.1, 0.15) is 41.9 Å². The van der Waals surface area contributed by atoms with Gasteiger partial charge in [0.2, 0.25) is 0 Å². The van der Waals surface area contributed by atoms with Gasteiger partial charge in [-0.05, 0) is 18.1 Å². The van der Waals surface area contributed by atoms with Gasteiger partial charge in [0, 0.05) is 18.7 Å². The van der Waals surface area contributed by atoms with Crippen molar-refractivity contribution in [1.29, 1.82) is 0 Å². The number of pyridine rings is 1. The summed E-state index contributed by atoms with van der Waals surface area (Å²) in [6.45, 7) is 2.73. The molecular formula is C11H13F2NO. The average Bonchev–Trinajstić information content (AvgIpc) is 2.17. The number of alkyl halides is 2. The van der Waals surface area contributed by atoms with E-state index in [1.807, 2.05) is 6.92 Å². The molecule has 0 saturated heterocycles. The van der Waals surface area contributed by atoms with E-state index >= 15 is 0 Å². The first kappa shape index (κ1) is 11.8. The largest absolute Gasteiger partial charge is 0.296 e. The number of aromatic nitrogens is 1. The van der Waals surface area contributed by atoms with E-state index < -0.39 is 5.92 Å². The van der Waals surface area contributed by atoms with E-state index in [2.05, 4.69) is 4.98 Å². The third-order valence-corrected chi connectivity index (χ3v) is 2.10. The Balaban J connectivity index is 3.19. The van der Waals surface area contributed by atoms with Crippen LogP contribution in [0.25, 0.3) is 0 Å². The molecule has 0 aliphatic heterocycles. The second-order valence-corrected chi connectivity index (χ2v) is 3.53. The molecule has 0 unspecified atom stereocenters. The first-order valence-electron chi connectivity index (χ1n) is 4.81. The molecule has 0 N–H and O–H groups in total. The lowest BCUT2D eigenvalue weighted by Gasteiger charge is -2.13. The van der Waals surface area contributed by atoms with Gasteiger partial charge in [0.15, 0.2) is 6.29 Å². The van der Waals surface area contributed by atoms with Crippen LogP contribution in [0.5, 0.6) is 0 Å². The highest BCUT2D eigenvalue weighted by Gasteiger charge is 2.28. The number of aryl methyl sites for hydroxylation is 1. The van der Waals surface area contributed by atoms with Crippen LogP contribution in [0.15, 0.2) is 12.3 Å². The maximum atomic E-state index is 13.1. The fourth-order valence-electron chi connectivity index (χ4n) is 1.39. The van der Waals surface area contributed by atoms with Gasteiger partial charge < -0.3 is 0 Å². The van der Waals surface area contributed by atoms with E-state index in [4.69, 9.17) is 0 Å². The van der Waals surface area contributed by atoms with Gasteiger partial charge in [-0.25, -0.2) is 8.78 Å². The monoisotopic (exact) mass is 213 g/mol. The summed E-state index contributed by atoms with van der Waals surface area (Å²) in [7, 11) is 0. The van der Waals surface area contributed by atoms with Crippen LogP contribution in [0, 0.1) is 0 Å². The topological polar surface area (TPSA) is 30.0 Å². The zero-order valence-electron chi connectivity index (χ0n) is 8.76. The van der Waals surface area contributed by atoms with Crippen LogP contribution >= 0.6 is 0 Å². The Hall–Kier alpha value is -1.32. The lowest BCUT2D eigenvalue weighted by Crippen LogP contribution is -2.12. The number of rotatable bonds is 4. The minimum Gasteiger partial charge on any atom is -0.296 e. The third-order valence-electron chi connectivity index (χ3n) is 2.10. The summed E-state index contributed by atoms with van der Waals surface area (Å²) in [5.41, 5.74) is 0.269. The minimum absolute atomic E-state index is 0.178. The van der Waals surface area contributed by atoms with Gasteiger partial charge in [-0.3, -0.25) is 9.78 Å². The lowest BCUT2D eigenvalue weighted by molar-refractivity contribution is 0.0162. The molecule has 1 rings (SSSR count). The van der Waals surface area contributed by atoms with E-state index in [1.54, 1.807) is 0 Å². The summed E-state index contributed by atoms with van der Waals surface area (Å²) >= 11 is 0. The summed E-state index contributed by atoms with van der Waals surface area (Å²) < 4.78 is 26.2. The Kier molecular flexibility index (Phi) is 3.50. The van der Waals surface area contributed by atoms with E-state index in [9.17, 15) is 13.6 Å². The number of hydrogen-bond donors (Lipinski definition) is 0. The highest BCUT2D eigenvalue weighted by molar-refractivity contribution is 5.74. The van der Waals surface area contributed by atoms with Crippen LogP contribution in [0.2, 0.25) is 0 Å². The zero-order valence-corrected chi connectivity index (χ0v) is 8.76. The molecule has 0 fully saturated rings. The molecule has 0 bridgehead atoms. The van der Waals surface area contributed by atoms with Crippen molar-refractivity contribution in [3.05, 3.63) is 29.1 Å². The Bertz CT molecular complexity index is 358. The van der Waals surface area contributed by atoms with Crippen molar-refractivity contribution in [2.75, 3.05) is 0 Å². The molecule has 0 aliphatic carbocycles.